The highest BCUT2D eigenvalue weighted by atomic mass is 32.2. The Morgan fingerprint density at radius 2 is 2.17 bits per heavy atom. The summed E-state index contributed by atoms with van der Waals surface area (Å²) >= 11 is 1.64. The molecule has 0 heterocycles. The van der Waals surface area contributed by atoms with E-state index < -0.39 is 0 Å². The molecule has 0 bridgehead atoms. The van der Waals surface area contributed by atoms with Crippen LogP contribution in [0, 0.1) is 0 Å². The third kappa shape index (κ3) is 6.46. The summed E-state index contributed by atoms with van der Waals surface area (Å²) < 4.78 is 5.20. The van der Waals surface area contributed by atoms with E-state index in [-0.39, 0.29) is 11.9 Å². The molecule has 0 saturated carbocycles. The van der Waals surface area contributed by atoms with Crippen molar-refractivity contribution in [2.24, 2.45) is 0 Å². The normalized spacial score (nSPS) is 12.4. The van der Waals surface area contributed by atoms with Gasteiger partial charge in [0.15, 0.2) is 0 Å². The Hall–Kier alpha value is -0.250. The van der Waals surface area contributed by atoms with Crippen LogP contribution in [0.4, 0.5) is 0 Å². The van der Waals surface area contributed by atoms with Crippen molar-refractivity contribution < 1.29 is 9.84 Å². The average Bonchev–Trinajstić information content (AvgIpc) is 2.11. The molecule has 0 aliphatic rings. The lowest BCUT2D eigenvalue weighted by atomic mass is 10.5. The predicted octanol–water partition coefficient (Wildman–Crippen LogP) is 1.47. The fourth-order valence-electron chi connectivity index (χ4n) is 0.640. The molecule has 0 spiro atoms. The van der Waals surface area contributed by atoms with Gasteiger partial charge in [0.2, 0.25) is 0 Å². The Morgan fingerprint density at radius 1 is 1.42 bits per heavy atom. The van der Waals surface area contributed by atoms with Crippen LogP contribution in [0.2, 0.25) is 0 Å². The van der Waals surface area contributed by atoms with Crippen molar-refractivity contribution in [2.45, 2.75) is 5.25 Å². The van der Waals surface area contributed by atoms with Gasteiger partial charge in [-0.25, -0.2) is 0 Å². The van der Waals surface area contributed by atoms with Crippen LogP contribution >= 0.6 is 11.8 Å². The van der Waals surface area contributed by atoms with Crippen LogP contribution < -0.4 is 0 Å². The highest BCUT2D eigenvalue weighted by Crippen LogP contribution is 2.10. The van der Waals surface area contributed by atoms with E-state index in [0.29, 0.717) is 13.2 Å². The Morgan fingerprint density at radius 3 is 2.67 bits per heavy atom. The maximum atomic E-state index is 8.89. The van der Waals surface area contributed by atoms with E-state index in [2.05, 4.69) is 13.2 Å². The van der Waals surface area contributed by atoms with Crippen molar-refractivity contribution in [3.05, 3.63) is 25.3 Å². The van der Waals surface area contributed by atoms with Gasteiger partial charge in [-0.05, 0) is 0 Å². The molecule has 0 aromatic carbocycles. The Labute approximate surface area is 78.3 Å². The van der Waals surface area contributed by atoms with E-state index in [0.717, 1.165) is 5.75 Å². The van der Waals surface area contributed by atoms with Crippen LogP contribution in [0.5, 0.6) is 0 Å². The second-order valence-corrected chi connectivity index (χ2v) is 3.59. The first kappa shape index (κ1) is 11.8. The van der Waals surface area contributed by atoms with Crippen LogP contribution in [0.15, 0.2) is 25.3 Å². The molecule has 0 aromatic rings. The van der Waals surface area contributed by atoms with Crippen LogP contribution in [-0.2, 0) is 4.74 Å². The maximum Gasteiger partial charge on any atom is 0.0645 e. The molecule has 2 nitrogen and oxygen atoms in total. The van der Waals surface area contributed by atoms with E-state index in [9.17, 15) is 0 Å². The molecule has 0 saturated heterocycles. The van der Waals surface area contributed by atoms with Gasteiger partial charge in [0.05, 0.1) is 25.1 Å². The number of hydrogen-bond donors (Lipinski definition) is 1. The van der Waals surface area contributed by atoms with Gasteiger partial charge < -0.3 is 9.84 Å². The summed E-state index contributed by atoms with van der Waals surface area (Å²) in [5.74, 6) is 0.850. The zero-order valence-electron chi connectivity index (χ0n) is 7.24. The minimum atomic E-state index is 0.148. The van der Waals surface area contributed by atoms with Crippen LogP contribution in [0.25, 0.3) is 0 Å². The predicted molar refractivity (Wildman–Crippen MR) is 54.5 cm³/mol. The third-order valence-electron chi connectivity index (χ3n) is 1.19. The van der Waals surface area contributed by atoms with E-state index >= 15 is 0 Å². The van der Waals surface area contributed by atoms with E-state index in [1.165, 1.54) is 0 Å². The molecular formula is C9H16O2S. The zero-order valence-corrected chi connectivity index (χ0v) is 8.05. The van der Waals surface area contributed by atoms with Crippen molar-refractivity contribution in [3.63, 3.8) is 0 Å². The van der Waals surface area contributed by atoms with E-state index in [1.54, 1.807) is 17.8 Å². The van der Waals surface area contributed by atoms with Crippen molar-refractivity contribution in [2.75, 3.05) is 25.6 Å². The highest BCUT2D eigenvalue weighted by molar-refractivity contribution is 8.00. The fourth-order valence-corrected chi connectivity index (χ4v) is 1.35. The smallest absolute Gasteiger partial charge is 0.0645 e. The number of ether oxygens (including phenoxy) is 1. The summed E-state index contributed by atoms with van der Waals surface area (Å²) in [6.45, 7) is 8.40. The average molecular weight is 188 g/mol. The molecule has 1 unspecified atom stereocenters. The molecule has 0 aliphatic heterocycles. The SMILES string of the molecule is C=CCOCC(CO)SCC=C. The number of aliphatic hydroxyl groups is 1. The second kappa shape index (κ2) is 8.84. The molecule has 1 atom stereocenters. The number of rotatable bonds is 8. The van der Waals surface area contributed by atoms with Crippen molar-refractivity contribution in [1.29, 1.82) is 0 Å². The van der Waals surface area contributed by atoms with Gasteiger partial charge in [0, 0.05) is 5.75 Å². The number of hydrogen-bond acceptors (Lipinski definition) is 3. The molecule has 1 N–H and O–H groups in total. The van der Waals surface area contributed by atoms with E-state index in [4.69, 9.17) is 9.84 Å². The summed E-state index contributed by atoms with van der Waals surface area (Å²) in [6, 6.07) is 0. The number of thioether (sulfide) groups is 1. The number of aliphatic hydroxyl groups excluding tert-OH is 1. The molecule has 0 amide bonds. The Kier molecular flexibility index (Phi) is 8.66. The molecule has 0 aromatic heterocycles. The minimum absolute atomic E-state index is 0.148. The van der Waals surface area contributed by atoms with Gasteiger partial charge in [-0.3, -0.25) is 0 Å². The molecule has 70 valence electrons. The maximum absolute atomic E-state index is 8.89. The highest BCUT2D eigenvalue weighted by Gasteiger charge is 2.05. The van der Waals surface area contributed by atoms with E-state index in [1.807, 2.05) is 6.08 Å². The largest absolute Gasteiger partial charge is 0.395 e. The molecule has 3 heteroatoms. The Bertz CT molecular complexity index is 126. The van der Waals surface area contributed by atoms with Crippen LogP contribution in [0.1, 0.15) is 0 Å². The summed E-state index contributed by atoms with van der Waals surface area (Å²) in [5, 5.41) is 9.05. The molecule has 12 heavy (non-hydrogen) atoms. The monoisotopic (exact) mass is 188 g/mol. The summed E-state index contributed by atoms with van der Waals surface area (Å²) in [7, 11) is 0. The van der Waals surface area contributed by atoms with Gasteiger partial charge >= 0.3 is 0 Å². The summed E-state index contributed by atoms with van der Waals surface area (Å²) in [6.07, 6.45) is 3.52. The molecule has 0 radical (unpaired) electrons. The van der Waals surface area contributed by atoms with Crippen LogP contribution in [0.3, 0.4) is 0 Å². The van der Waals surface area contributed by atoms with Gasteiger partial charge in [0.1, 0.15) is 0 Å². The standard InChI is InChI=1S/C9H16O2S/c1-3-5-11-8-9(7-10)12-6-4-2/h3-4,9-10H,1-2,5-8H2. The first-order chi connectivity index (χ1) is 5.85. The van der Waals surface area contributed by atoms with Gasteiger partial charge in [-0.1, -0.05) is 12.2 Å². The summed E-state index contributed by atoms with van der Waals surface area (Å²) in [4.78, 5) is 0. The molecule has 0 aliphatic carbocycles. The minimum Gasteiger partial charge on any atom is -0.395 e. The molecule has 0 fully saturated rings. The first-order valence-electron chi connectivity index (χ1n) is 3.87. The topological polar surface area (TPSA) is 29.5 Å². The second-order valence-electron chi connectivity index (χ2n) is 2.25. The van der Waals surface area contributed by atoms with Crippen molar-refractivity contribution in [3.8, 4) is 0 Å². The Balaban J connectivity index is 3.38. The molecule has 0 rings (SSSR count). The first-order valence-corrected chi connectivity index (χ1v) is 4.92. The lowest BCUT2D eigenvalue weighted by Gasteiger charge is -2.11. The van der Waals surface area contributed by atoms with Crippen LogP contribution in [-0.4, -0.2) is 35.9 Å². The van der Waals surface area contributed by atoms with Gasteiger partial charge in [-0.15, -0.1) is 24.9 Å². The van der Waals surface area contributed by atoms with Crippen molar-refractivity contribution >= 4 is 11.8 Å². The van der Waals surface area contributed by atoms with Gasteiger partial charge in [0.25, 0.3) is 0 Å². The lowest BCUT2D eigenvalue weighted by Crippen LogP contribution is -2.16. The van der Waals surface area contributed by atoms with Crippen molar-refractivity contribution in [1.82, 2.24) is 0 Å². The fraction of sp³-hybridized carbons (Fsp3) is 0.556. The quantitative estimate of drug-likeness (QED) is 0.462. The lowest BCUT2D eigenvalue weighted by molar-refractivity contribution is 0.144. The van der Waals surface area contributed by atoms with Gasteiger partial charge in [-0.2, -0.15) is 0 Å². The zero-order chi connectivity index (χ0) is 9.23. The third-order valence-corrected chi connectivity index (χ3v) is 2.38. The molecular weight excluding hydrogens is 172 g/mol. The summed E-state index contributed by atoms with van der Waals surface area (Å²) in [5.41, 5.74) is 0.